The average molecular weight is 273 g/mol. The molecule has 3 atom stereocenters. The van der Waals surface area contributed by atoms with Crippen LogP contribution >= 0.6 is 0 Å². The summed E-state index contributed by atoms with van der Waals surface area (Å²) in [6.07, 6.45) is -0.880. The molecule has 0 aliphatic carbocycles. The van der Waals surface area contributed by atoms with E-state index in [1.54, 1.807) is 13.8 Å². The number of likely N-dealkylation sites (tertiary alicyclic amines) is 1. The molecule has 19 heavy (non-hydrogen) atoms. The normalized spacial score (nSPS) is 24.3. The average Bonchev–Trinajstić information content (AvgIpc) is 2.67. The molecule has 1 rings (SSSR count). The van der Waals surface area contributed by atoms with Gasteiger partial charge in [-0.25, -0.2) is 9.59 Å². The van der Waals surface area contributed by atoms with Gasteiger partial charge in [0.25, 0.3) is 0 Å². The maximum Gasteiger partial charge on any atom is 0.326 e. The molecule has 1 heterocycles. The highest BCUT2D eigenvalue weighted by Gasteiger charge is 2.42. The van der Waals surface area contributed by atoms with Crippen LogP contribution in [0, 0.1) is 5.92 Å². The van der Waals surface area contributed by atoms with E-state index in [1.165, 1.54) is 0 Å². The summed E-state index contributed by atoms with van der Waals surface area (Å²) in [5.74, 6) is -1.96. The van der Waals surface area contributed by atoms with E-state index in [0.29, 0.717) is 0 Å². The number of amides is 3. The molecule has 1 fully saturated rings. The Labute approximate surface area is 110 Å². The number of aliphatic hydroxyl groups is 1. The van der Waals surface area contributed by atoms with E-state index < -0.39 is 36.1 Å². The summed E-state index contributed by atoms with van der Waals surface area (Å²) >= 11 is 0. The highest BCUT2D eigenvalue weighted by molar-refractivity contribution is 5.90. The van der Waals surface area contributed by atoms with Crippen LogP contribution in [0.1, 0.15) is 20.3 Å². The Kier molecular flexibility index (Phi) is 4.71. The number of hydrogen-bond donors (Lipinski definition) is 4. The largest absolute Gasteiger partial charge is 0.480 e. The molecule has 1 unspecified atom stereocenters. The molecule has 8 nitrogen and oxygen atoms in total. The van der Waals surface area contributed by atoms with Crippen molar-refractivity contribution >= 4 is 17.9 Å². The lowest BCUT2D eigenvalue weighted by molar-refractivity contribution is -0.149. The number of rotatable bonds is 4. The second-order valence-electron chi connectivity index (χ2n) is 4.96. The fraction of sp³-hybridized carbons (Fsp3) is 0.727. The van der Waals surface area contributed by atoms with Gasteiger partial charge in [-0.15, -0.1) is 0 Å². The maximum atomic E-state index is 12.3. The van der Waals surface area contributed by atoms with Gasteiger partial charge in [0.2, 0.25) is 5.91 Å². The minimum atomic E-state index is -1.17. The highest BCUT2D eigenvalue weighted by Crippen LogP contribution is 2.20. The standard InChI is InChI=1S/C11H19N3O5/c1-5(2)8(13-11(12)19)9(16)14-4-6(15)3-7(14)10(17)18/h5-8,15H,3-4H2,1-2H3,(H,17,18)(H3,12,13,19)/t6-,7-,8?/m1/s1. The second-order valence-corrected chi connectivity index (χ2v) is 4.96. The van der Waals surface area contributed by atoms with E-state index in [2.05, 4.69) is 5.32 Å². The zero-order valence-electron chi connectivity index (χ0n) is 10.9. The first kappa shape index (κ1) is 15.2. The molecule has 0 saturated carbocycles. The first-order valence-corrected chi connectivity index (χ1v) is 6.01. The molecular weight excluding hydrogens is 254 g/mol. The van der Waals surface area contributed by atoms with Crippen LogP contribution in [0.3, 0.4) is 0 Å². The van der Waals surface area contributed by atoms with E-state index in [4.69, 9.17) is 10.8 Å². The van der Waals surface area contributed by atoms with Crippen LogP contribution in [-0.2, 0) is 9.59 Å². The lowest BCUT2D eigenvalue weighted by Crippen LogP contribution is -2.54. The van der Waals surface area contributed by atoms with Crippen LogP contribution in [0.2, 0.25) is 0 Å². The van der Waals surface area contributed by atoms with Gasteiger partial charge in [-0.1, -0.05) is 13.8 Å². The number of carboxylic acids is 1. The number of carbonyl (C=O) groups excluding carboxylic acids is 2. The molecule has 3 amide bonds. The monoisotopic (exact) mass is 273 g/mol. The minimum Gasteiger partial charge on any atom is -0.480 e. The molecule has 108 valence electrons. The number of β-amino-alcohol motifs (C(OH)–C–C–N with tert-alkyl or cyclic N) is 1. The van der Waals surface area contributed by atoms with Gasteiger partial charge in [0.1, 0.15) is 12.1 Å². The van der Waals surface area contributed by atoms with Crippen LogP contribution in [0.25, 0.3) is 0 Å². The van der Waals surface area contributed by atoms with Crippen molar-refractivity contribution in [1.29, 1.82) is 0 Å². The number of nitrogens with one attached hydrogen (secondary N) is 1. The quantitative estimate of drug-likeness (QED) is 0.506. The van der Waals surface area contributed by atoms with Gasteiger partial charge in [0.15, 0.2) is 0 Å². The molecule has 0 radical (unpaired) electrons. The van der Waals surface area contributed by atoms with Crippen molar-refractivity contribution in [3.8, 4) is 0 Å². The smallest absolute Gasteiger partial charge is 0.326 e. The summed E-state index contributed by atoms with van der Waals surface area (Å²) in [6, 6.07) is -2.82. The minimum absolute atomic E-state index is 0.0114. The molecule has 8 heteroatoms. The molecule has 0 aromatic carbocycles. The molecule has 0 aromatic rings. The van der Waals surface area contributed by atoms with Crippen LogP contribution < -0.4 is 11.1 Å². The number of urea groups is 1. The molecule has 1 aliphatic heterocycles. The van der Waals surface area contributed by atoms with E-state index in [1.807, 2.05) is 0 Å². The summed E-state index contributed by atoms with van der Waals surface area (Å²) in [6.45, 7) is 3.36. The number of carboxylic acid groups (broad SMARTS) is 1. The number of aliphatic carboxylic acids is 1. The first-order chi connectivity index (χ1) is 8.73. The Bertz CT molecular complexity index is 385. The van der Waals surface area contributed by atoms with E-state index in [9.17, 15) is 19.5 Å². The van der Waals surface area contributed by atoms with Crippen molar-refractivity contribution in [2.75, 3.05) is 6.54 Å². The number of aliphatic hydroxyl groups excluding tert-OH is 1. The van der Waals surface area contributed by atoms with E-state index in [-0.39, 0.29) is 18.9 Å². The van der Waals surface area contributed by atoms with Crippen LogP contribution in [0.4, 0.5) is 4.79 Å². The summed E-state index contributed by atoms with van der Waals surface area (Å²) < 4.78 is 0. The van der Waals surface area contributed by atoms with Crippen molar-refractivity contribution in [3.63, 3.8) is 0 Å². The Morgan fingerprint density at radius 1 is 1.37 bits per heavy atom. The predicted molar refractivity (Wildman–Crippen MR) is 65.1 cm³/mol. The zero-order chi connectivity index (χ0) is 14.7. The van der Waals surface area contributed by atoms with Crippen LogP contribution in [0.5, 0.6) is 0 Å². The Hall–Kier alpha value is -1.83. The predicted octanol–water partition coefficient (Wildman–Crippen LogP) is -1.27. The lowest BCUT2D eigenvalue weighted by atomic mass is 10.0. The van der Waals surface area contributed by atoms with Crippen molar-refractivity contribution in [2.45, 2.75) is 38.5 Å². The van der Waals surface area contributed by atoms with Crippen LogP contribution in [-0.4, -0.2) is 57.8 Å². The van der Waals surface area contributed by atoms with E-state index in [0.717, 1.165) is 4.90 Å². The second kappa shape index (κ2) is 5.87. The Morgan fingerprint density at radius 3 is 2.37 bits per heavy atom. The number of hydrogen-bond acceptors (Lipinski definition) is 4. The summed E-state index contributed by atoms with van der Waals surface area (Å²) in [5.41, 5.74) is 5.00. The van der Waals surface area contributed by atoms with Gasteiger partial charge in [-0.05, 0) is 5.92 Å². The summed E-state index contributed by atoms with van der Waals surface area (Å²) in [5, 5.41) is 20.8. The number of nitrogens with two attached hydrogens (primary N) is 1. The van der Waals surface area contributed by atoms with Crippen molar-refractivity contribution in [1.82, 2.24) is 10.2 Å². The third kappa shape index (κ3) is 3.57. The van der Waals surface area contributed by atoms with Crippen molar-refractivity contribution in [2.24, 2.45) is 11.7 Å². The molecule has 1 saturated heterocycles. The van der Waals surface area contributed by atoms with Gasteiger partial charge in [-0.2, -0.15) is 0 Å². The summed E-state index contributed by atoms with van der Waals surface area (Å²) in [7, 11) is 0. The Morgan fingerprint density at radius 2 is 1.95 bits per heavy atom. The molecule has 0 spiro atoms. The Balaban J connectivity index is 2.89. The number of carbonyl (C=O) groups is 3. The lowest BCUT2D eigenvalue weighted by Gasteiger charge is -2.28. The SMILES string of the molecule is CC(C)C(NC(N)=O)C(=O)N1C[C@H](O)C[C@@H]1C(=O)O. The third-order valence-corrected chi connectivity index (χ3v) is 3.08. The molecule has 5 N–H and O–H groups in total. The van der Waals surface area contributed by atoms with Gasteiger partial charge in [-0.3, -0.25) is 4.79 Å². The van der Waals surface area contributed by atoms with Crippen molar-refractivity contribution in [3.05, 3.63) is 0 Å². The maximum absolute atomic E-state index is 12.3. The zero-order valence-corrected chi connectivity index (χ0v) is 10.9. The number of primary amides is 1. The fourth-order valence-corrected chi connectivity index (χ4v) is 2.14. The van der Waals surface area contributed by atoms with Crippen molar-refractivity contribution < 1.29 is 24.6 Å². The topological polar surface area (TPSA) is 133 Å². The molecule has 0 aromatic heterocycles. The number of nitrogens with zero attached hydrogens (tertiary/aromatic N) is 1. The molecular formula is C11H19N3O5. The van der Waals surface area contributed by atoms with E-state index >= 15 is 0 Å². The highest BCUT2D eigenvalue weighted by atomic mass is 16.4. The van der Waals surface area contributed by atoms with Crippen LogP contribution in [0.15, 0.2) is 0 Å². The fourth-order valence-electron chi connectivity index (χ4n) is 2.14. The molecule has 0 bridgehead atoms. The van der Waals surface area contributed by atoms with Gasteiger partial charge < -0.3 is 26.2 Å². The third-order valence-electron chi connectivity index (χ3n) is 3.08. The first-order valence-electron chi connectivity index (χ1n) is 6.01. The molecule has 1 aliphatic rings. The van der Waals surface area contributed by atoms with Gasteiger partial charge in [0.05, 0.1) is 6.10 Å². The summed E-state index contributed by atoms with van der Waals surface area (Å²) in [4.78, 5) is 35.3. The van der Waals surface area contributed by atoms with Gasteiger partial charge in [0, 0.05) is 13.0 Å². The van der Waals surface area contributed by atoms with Gasteiger partial charge >= 0.3 is 12.0 Å².